The highest BCUT2D eigenvalue weighted by molar-refractivity contribution is 6.46. The van der Waals surface area contributed by atoms with E-state index in [-0.39, 0.29) is 20.6 Å². The molecule has 1 aromatic rings. The zero-order chi connectivity index (χ0) is 17.9. The Labute approximate surface area is 153 Å². The third-order valence-electron chi connectivity index (χ3n) is 3.73. The van der Waals surface area contributed by atoms with Crippen molar-refractivity contribution in [1.82, 2.24) is 4.90 Å². The molecule has 2 amide bonds. The molecule has 0 aliphatic carbocycles. The van der Waals surface area contributed by atoms with Crippen LogP contribution in [-0.4, -0.2) is 41.9 Å². The number of esters is 1. The molecule has 1 heterocycles. The van der Waals surface area contributed by atoms with E-state index in [1.54, 1.807) is 0 Å². The first-order valence-corrected chi connectivity index (χ1v) is 8.35. The first kappa shape index (κ1) is 18.8. The van der Waals surface area contributed by atoms with Crippen molar-refractivity contribution in [3.63, 3.8) is 0 Å². The molecule has 0 saturated carbocycles. The van der Waals surface area contributed by atoms with Gasteiger partial charge in [-0.25, -0.2) is 4.79 Å². The van der Waals surface area contributed by atoms with Gasteiger partial charge < -0.3 is 15.4 Å². The molecular weight excluding hydrogens is 379 g/mol. The molecule has 0 unspecified atom stereocenters. The average molecular weight is 394 g/mol. The zero-order valence-corrected chi connectivity index (χ0v) is 14.8. The molecule has 2 N–H and O–H groups in total. The van der Waals surface area contributed by atoms with Crippen LogP contribution in [0.2, 0.25) is 15.1 Å². The van der Waals surface area contributed by atoms with Crippen molar-refractivity contribution in [3.8, 4) is 0 Å². The third kappa shape index (κ3) is 4.12. The highest BCUT2D eigenvalue weighted by Crippen LogP contribution is 2.31. The highest BCUT2D eigenvalue weighted by atomic mass is 35.5. The molecule has 24 heavy (non-hydrogen) atoms. The summed E-state index contributed by atoms with van der Waals surface area (Å²) in [6.07, 6.45) is 2.07. The minimum Gasteiger partial charge on any atom is -0.452 e. The van der Waals surface area contributed by atoms with Gasteiger partial charge in [0.05, 0.1) is 20.6 Å². The fraction of sp³-hybridized carbons (Fsp3) is 0.400. The quantitative estimate of drug-likeness (QED) is 0.629. The number of nitrogens with zero attached hydrogens (tertiary/aromatic N) is 1. The Morgan fingerprint density at radius 1 is 1.17 bits per heavy atom. The summed E-state index contributed by atoms with van der Waals surface area (Å²) >= 11 is 17.7. The van der Waals surface area contributed by atoms with E-state index in [9.17, 15) is 14.4 Å². The molecule has 1 fully saturated rings. The fourth-order valence-corrected chi connectivity index (χ4v) is 3.20. The van der Waals surface area contributed by atoms with Crippen LogP contribution in [0.15, 0.2) is 12.1 Å². The number of likely N-dealkylation sites (tertiary alicyclic amines) is 1. The van der Waals surface area contributed by atoms with Gasteiger partial charge in [-0.1, -0.05) is 34.8 Å². The summed E-state index contributed by atoms with van der Waals surface area (Å²) in [5.74, 6) is -1.94. The Morgan fingerprint density at radius 2 is 1.83 bits per heavy atom. The summed E-state index contributed by atoms with van der Waals surface area (Å²) in [4.78, 5) is 37.1. The molecule has 0 bridgehead atoms. The SMILES string of the molecule is NC(=O)[C@@H]1CCCCN1C(=O)COC(=O)c1c(Cl)ccc(Cl)c1Cl. The number of nitrogens with two attached hydrogens (primary N) is 1. The van der Waals surface area contributed by atoms with Crippen molar-refractivity contribution in [2.75, 3.05) is 13.2 Å². The van der Waals surface area contributed by atoms with Crippen LogP contribution in [0.5, 0.6) is 0 Å². The maximum absolute atomic E-state index is 12.2. The molecule has 0 spiro atoms. The van der Waals surface area contributed by atoms with E-state index < -0.39 is 30.4 Å². The summed E-state index contributed by atoms with van der Waals surface area (Å²) in [6.45, 7) is -0.148. The lowest BCUT2D eigenvalue weighted by atomic mass is 10.0. The number of primary amides is 1. The number of hydrogen-bond acceptors (Lipinski definition) is 4. The second kappa shape index (κ2) is 8.05. The fourth-order valence-electron chi connectivity index (χ4n) is 2.52. The number of hydrogen-bond donors (Lipinski definition) is 1. The average Bonchev–Trinajstić information content (AvgIpc) is 2.56. The van der Waals surface area contributed by atoms with Crippen LogP contribution < -0.4 is 5.73 Å². The number of benzene rings is 1. The van der Waals surface area contributed by atoms with Crippen LogP contribution in [0, 0.1) is 0 Å². The van der Waals surface area contributed by atoms with Gasteiger partial charge in [0.1, 0.15) is 6.04 Å². The number of ether oxygens (including phenoxy) is 1. The first-order chi connectivity index (χ1) is 11.3. The molecule has 1 aromatic carbocycles. The van der Waals surface area contributed by atoms with Crippen molar-refractivity contribution in [2.45, 2.75) is 25.3 Å². The Kier molecular flexibility index (Phi) is 6.32. The lowest BCUT2D eigenvalue weighted by Crippen LogP contribution is -2.51. The molecule has 1 atom stereocenters. The maximum atomic E-state index is 12.2. The zero-order valence-electron chi connectivity index (χ0n) is 12.6. The van der Waals surface area contributed by atoms with Crippen LogP contribution >= 0.6 is 34.8 Å². The molecule has 1 saturated heterocycles. The second-order valence-electron chi connectivity index (χ2n) is 5.30. The minimum absolute atomic E-state index is 0.0467. The lowest BCUT2D eigenvalue weighted by molar-refractivity contribution is -0.143. The molecule has 130 valence electrons. The van der Waals surface area contributed by atoms with Crippen molar-refractivity contribution >= 4 is 52.6 Å². The molecule has 1 aliphatic rings. The van der Waals surface area contributed by atoms with Gasteiger partial charge in [0.15, 0.2) is 6.61 Å². The van der Waals surface area contributed by atoms with Gasteiger partial charge in [0.25, 0.3) is 5.91 Å². The Bertz CT molecular complexity index is 681. The van der Waals surface area contributed by atoms with Crippen LogP contribution in [0.25, 0.3) is 0 Å². The van der Waals surface area contributed by atoms with Gasteiger partial charge in [-0.15, -0.1) is 0 Å². The summed E-state index contributed by atoms with van der Waals surface area (Å²) in [5.41, 5.74) is 5.20. The monoisotopic (exact) mass is 392 g/mol. The number of carbonyl (C=O) groups is 3. The van der Waals surface area contributed by atoms with Gasteiger partial charge in [0, 0.05) is 6.54 Å². The Hall–Kier alpha value is -1.50. The molecule has 9 heteroatoms. The van der Waals surface area contributed by atoms with Gasteiger partial charge in [-0.2, -0.15) is 0 Å². The van der Waals surface area contributed by atoms with Crippen molar-refractivity contribution < 1.29 is 19.1 Å². The third-order valence-corrected chi connectivity index (χ3v) is 4.85. The van der Waals surface area contributed by atoms with Crippen LogP contribution in [0.1, 0.15) is 29.6 Å². The summed E-state index contributed by atoms with van der Waals surface area (Å²) in [5, 5.41) is 0.161. The van der Waals surface area contributed by atoms with Crippen LogP contribution in [0.4, 0.5) is 0 Å². The molecule has 0 aromatic heterocycles. The Morgan fingerprint density at radius 3 is 2.50 bits per heavy atom. The van der Waals surface area contributed by atoms with Crippen LogP contribution in [-0.2, 0) is 14.3 Å². The van der Waals surface area contributed by atoms with E-state index in [0.29, 0.717) is 13.0 Å². The molecule has 0 radical (unpaired) electrons. The van der Waals surface area contributed by atoms with Gasteiger partial charge in [0.2, 0.25) is 5.91 Å². The summed E-state index contributed by atoms with van der Waals surface area (Å²) < 4.78 is 4.98. The van der Waals surface area contributed by atoms with Crippen molar-refractivity contribution in [3.05, 3.63) is 32.8 Å². The summed E-state index contributed by atoms with van der Waals surface area (Å²) in [7, 11) is 0. The van der Waals surface area contributed by atoms with E-state index in [0.717, 1.165) is 12.8 Å². The molecule has 2 rings (SSSR count). The standard InChI is InChI=1S/C15H15Cl3N2O4/c16-8-4-5-9(17)13(18)12(8)15(23)24-7-11(21)20-6-2-1-3-10(20)14(19)22/h4-5,10H,1-3,6-7H2,(H2,19,22)/t10-/m0/s1. The topological polar surface area (TPSA) is 89.7 Å². The molecular formula is C15H15Cl3N2O4. The van der Waals surface area contributed by atoms with Crippen molar-refractivity contribution in [1.29, 1.82) is 0 Å². The van der Waals surface area contributed by atoms with Crippen LogP contribution in [0.3, 0.4) is 0 Å². The van der Waals surface area contributed by atoms with E-state index in [4.69, 9.17) is 45.3 Å². The first-order valence-electron chi connectivity index (χ1n) is 7.22. The lowest BCUT2D eigenvalue weighted by Gasteiger charge is -2.33. The second-order valence-corrected chi connectivity index (χ2v) is 6.49. The summed E-state index contributed by atoms with van der Waals surface area (Å²) in [6, 6.07) is 2.17. The predicted molar refractivity (Wildman–Crippen MR) is 90.3 cm³/mol. The highest BCUT2D eigenvalue weighted by Gasteiger charge is 2.31. The van der Waals surface area contributed by atoms with E-state index in [2.05, 4.69) is 0 Å². The van der Waals surface area contributed by atoms with E-state index in [1.165, 1.54) is 17.0 Å². The van der Waals surface area contributed by atoms with Crippen molar-refractivity contribution in [2.24, 2.45) is 5.73 Å². The number of halogens is 3. The normalized spacial score (nSPS) is 17.5. The molecule has 1 aliphatic heterocycles. The number of amides is 2. The smallest absolute Gasteiger partial charge is 0.341 e. The van der Waals surface area contributed by atoms with E-state index >= 15 is 0 Å². The minimum atomic E-state index is -0.867. The van der Waals surface area contributed by atoms with Gasteiger partial charge >= 0.3 is 5.97 Å². The van der Waals surface area contributed by atoms with E-state index in [1.807, 2.05) is 0 Å². The number of carbonyl (C=O) groups excluding carboxylic acids is 3. The van der Waals surface area contributed by atoms with Gasteiger partial charge in [-0.3, -0.25) is 9.59 Å². The Balaban J connectivity index is 2.05. The predicted octanol–water partition coefficient (Wildman–Crippen LogP) is 2.67. The molecule has 6 nitrogen and oxygen atoms in total. The number of rotatable bonds is 4. The maximum Gasteiger partial charge on any atom is 0.341 e. The largest absolute Gasteiger partial charge is 0.452 e. The number of piperidine rings is 1. The van der Waals surface area contributed by atoms with Gasteiger partial charge in [-0.05, 0) is 31.4 Å².